The maximum atomic E-state index is 12.8. The van der Waals surface area contributed by atoms with E-state index in [-0.39, 0.29) is 12.1 Å². The summed E-state index contributed by atoms with van der Waals surface area (Å²) in [5.41, 5.74) is 3.16. The number of piperazine rings is 1. The van der Waals surface area contributed by atoms with Crippen molar-refractivity contribution in [2.75, 3.05) is 33.3 Å². The van der Waals surface area contributed by atoms with Gasteiger partial charge in [0.25, 0.3) is 0 Å². The molecule has 4 rings (SSSR count). The van der Waals surface area contributed by atoms with E-state index in [1.165, 1.54) is 7.11 Å². The van der Waals surface area contributed by atoms with Crippen molar-refractivity contribution in [2.24, 2.45) is 0 Å². The molecule has 1 amide bonds. The first kappa shape index (κ1) is 24.7. The summed E-state index contributed by atoms with van der Waals surface area (Å²) in [6, 6.07) is 7.34. The highest BCUT2D eigenvalue weighted by molar-refractivity contribution is 9.10. The summed E-state index contributed by atoms with van der Waals surface area (Å²) >= 11 is 9.82. The molecule has 0 bridgehead atoms. The number of carbonyl (C=O) groups excluding carboxylic acids is 2. The highest BCUT2D eigenvalue weighted by Crippen LogP contribution is 2.41. The van der Waals surface area contributed by atoms with E-state index in [4.69, 9.17) is 26.1 Å². The largest absolute Gasteiger partial charge is 0.465 e. The highest BCUT2D eigenvalue weighted by Gasteiger charge is 2.36. The van der Waals surface area contributed by atoms with Crippen LogP contribution in [0.4, 0.5) is 4.79 Å². The molecule has 2 aromatic rings. The third-order valence-electron chi connectivity index (χ3n) is 5.81. The van der Waals surface area contributed by atoms with Crippen LogP contribution in [0, 0.1) is 0 Å². The average Bonchev–Trinajstić information content (AvgIpc) is 2.91. The molecule has 1 aromatic carbocycles. The Labute approximate surface area is 212 Å². The van der Waals surface area contributed by atoms with Gasteiger partial charge >= 0.3 is 12.1 Å². The van der Waals surface area contributed by atoms with Crippen LogP contribution in [-0.4, -0.2) is 65.7 Å². The number of hydrogen-bond donors (Lipinski definition) is 0. The molecule has 7 nitrogen and oxygen atoms in total. The molecule has 1 aliphatic carbocycles. The number of hydrogen-bond acceptors (Lipinski definition) is 6. The normalized spacial score (nSPS) is 18.4. The van der Waals surface area contributed by atoms with Gasteiger partial charge in [-0.3, -0.25) is 9.88 Å². The Kier molecular flexibility index (Phi) is 7.03. The monoisotopic (exact) mass is 547 g/mol. The number of esters is 1. The van der Waals surface area contributed by atoms with Gasteiger partial charge in [-0.2, -0.15) is 0 Å². The summed E-state index contributed by atoms with van der Waals surface area (Å²) in [4.78, 5) is 34.1. The molecule has 9 heteroatoms. The van der Waals surface area contributed by atoms with Crippen LogP contribution in [-0.2, 0) is 14.3 Å². The van der Waals surface area contributed by atoms with Gasteiger partial charge in [-0.05, 0) is 72.1 Å². The summed E-state index contributed by atoms with van der Waals surface area (Å²) < 4.78 is 11.4. The maximum absolute atomic E-state index is 12.8. The fraction of sp³-hybridized carbons (Fsp3) is 0.400. The Morgan fingerprint density at radius 3 is 2.50 bits per heavy atom. The molecule has 1 unspecified atom stereocenters. The predicted molar refractivity (Wildman–Crippen MR) is 134 cm³/mol. The highest BCUT2D eigenvalue weighted by atomic mass is 79.9. The number of ether oxygens (including phenoxy) is 2. The van der Waals surface area contributed by atoms with Gasteiger partial charge in [-0.15, -0.1) is 0 Å². The van der Waals surface area contributed by atoms with Crippen LogP contribution in [0.25, 0.3) is 11.6 Å². The van der Waals surface area contributed by atoms with E-state index in [2.05, 4.69) is 20.8 Å². The number of methoxy groups -OCH3 is 1. The molecule has 1 saturated heterocycles. The van der Waals surface area contributed by atoms with Crippen molar-refractivity contribution in [1.82, 2.24) is 14.8 Å². The van der Waals surface area contributed by atoms with Crippen molar-refractivity contribution in [2.45, 2.75) is 32.4 Å². The number of nitrogens with zero attached hydrogens (tertiary/aromatic N) is 3. The second kappa shape index (κ2) is 9.68. The zero-order valence-corrected chi connectivity index (χ0v) is 21.9. The summed E-state index contributed by atoms with van der Waals surface area (Å²) in [5, 5.41) is 0.577. The van der Waals surface area contributed by atoms with Gasteiger partial charge in [0.2, 0.25) is 0 Å². The zero-order chi connectivity index (χ0) is 24.6. The smallest absolute Gasteiger partial charge is 0.410 e. The van der Waals surface area contributed by atoms with Gasteiger partial charge in [-0.1, -0.05) is 17.7 Å². The van der Waals surface area contributed by atoms with Crippen LogP contribution < -0.4 is 0 Å². The van der Waals surface area contributed by atoms with Crippen LogP contribution in [0.1, 0.15) is 49.2 Å². The van der Waals surface area contributed by atoms with Gasteiger partial charge in [-0.25, -0.2) is 9.59 Å². The molecule has 180 valence electrons. The van der Waals surface area contributed by atoms with E-state index >= 15 is 0 Å². The maximum Gasteiger partial charge on any atom is 0.410 e. The summed E-state index contributed by atoms with van der Waals surface area (Å²) in [6.45, 7) is 7.88. The van der Waals surface area contributed by atoms with Crippen LogP contribution in [0.5, 0.6) is 0 Å². The standard InChI is InChI=1S/C25H27BrClN3O4/c1-25(2,3)34-24(32)30-9-7-29(8-10-30)22-18-6-5-17(27)11-15(18)12-20(23(31)33-4)19-13-16(26)14-28-21(19)22/h5-6,11-14,22H,7-10H2,1-4H3. The fourth-order valence-corrected chi connectivity index (χ4v) is 4.83. The van der Waals surface area contributed by atoms with E-state index in [0.29, 0.717) is 42.3 Å². The first-order valence-electron chi connectivity index (χ1n) is 11.0. The lowest BCUT2D eigenvalue weighted by Gasteiger charge is -2.40. The molecule has 1 aromatic heterocycles. The van der Waals surface area contributed by atoms with Crippen molar-refractivity contribution >= 4 is 51.2 Å². The molecule has 2 heterocycles. The van der Waals surface area contributed by atoms with Crippen molar-refractivity contribution < 1.29 is 19.1 Å². The van der Waals surface area contributed by atoms with Gasteiger partial charge < -0.3 is 14.4 Å². The minimum atomic E-state index is -0.542. The van der Waals surface area contributed by atoms with E-state index < -0.39 is 11.6 Å². The Hall–Kier alpha value is -2.42. The second-order valence-corrected chi connectivity index (χ2v) is 10.7. The third kappa shape index (κ3) is 5.14. The third-order valence-corrected chi connectivity index (χ3v) is 6.48. The fourth-order valence-electron chi connectivity index (χ4n) is 4.32. The summed E-state index contributed by atoms with van der Waals surface area (Å²) in [5.74, 6) is -0.442. The number of halogens is 2. The van der Waals surface area contributed by atoms with Crippen molar-refractivity contribution in [3.63, 3.8) is 0 Å². The van der Waals surface area contributed by atoms with Gasteiger partial charge in [0.15, 0.2) is 0 Å². The molecule has 34 heavy (non-hydrogen) atoms. The lowest BCUT2D eigenvalue weighted by atomic mass is 9.95. The van der Waals surface area contributed by atoms with Crippen LogP contribution >= 0.6 is 27.5 Å². The Morgan fingerprint density at radius 1 is 1.15 bits per heavy atom. The number of fused-ring (bicyclic) bond motifs is 2. The molecular formula is C25H27BrClN3O4. The Morgan fingerprint density at radius 2 is 1.85 bits per heavy atom. The van der Waals surface area contributed by atoms with Gasteiger partial charge in [0, 0.05) is 47.4 Å². The van der Waals surface area contributed by atoms with Crippen LogP contribution in [0.3, 0.4) is 0 Å². The summed E-state index contributed by atoms with van der Waals surface area (Å²) in [6.07, 6.45) is 3.24. The van der Waals surface area contributed by atoms with E-state index in [9.17, 15) is 9.59 Å². The molecule has 1 fully saturated rings. The molecule has 0 spiro atoms. The molecule has 1 atom stereocenters. The predicted octanol–water partition coefficient (Wildman–Crippen LogP) is 5.17. The van der Waals surface area contributed by atoms with Crippen molar-refractivity contribution in [1.29, 1.82) is 0 Å². The minimum absolute atomic E-state index is 0.227. The second-order valence-electron chi connectivity index (χ2n) is 9.32. The van der Waals surface area contributed by atoms with Gasteiger partial charge in [0.1, 0.15) is 5.60 Å². The Bertz CT molecular complexity index is 1150. The lowest BCUT2D eigenvalue weighted by Crippen LogP contribution is -2.51. The van der Waals surface area contributed by atoms with E-state index in [1.807, 2.05) is 51.1 Å². The number of aromatic nitrogens is 1. The van der Waals surface area contributed by atoms with Crippen LogP contribution in [0.2, 0.25) is 5.02 Å². The number of rotatable bonds is 2. The lowest BCUT2D eigenvalue weighted by molar-refractivity contribution is -0.133. The molecule has 0 saturated carbocycles. The van der Waals surface area contributed by atoms with Crippen molar-refractivity contribution in [3.8, 4) is 0 Å². The van der Waals surface area contributed by atoms with E-state index in [0.717, 1.165) is 21.3 Å². The summed E-state index contributed by atoms with van der Waals surface area (Å²) in [7, 11) is 1.37. The van der Waals surface area contributed by atoms with Crippen molar-refractivity contribution in [3.05, 3.63) is 62.3 Å². The minimum Gasteiger partial charge on any atom is -0.465 e. The van der Waals surface area contributed by atoms with Gasteiger partial charge in [0.05, 0.1) is 24.4 Å². The SMILES string of the molecule is COC(=O)C1=Cc2cc(Cl)ccc2C(N2CCN(C(=O)OC(C)(C)C)CC2)c2ncc(Br)cc21. The van der Waals surface area contributed by atoms with E-state index in [1.54, 1.807) is 11.1 Å². The quantitative estimate of drug-likeness (QED) is 0.483. The van der Waals surface area contributed by atoms with Crippen LogP contribution in [0.15, 0.2) is 34.9 Å². The first-order chi connectivity index (χ1) is 16.1. The topological polar surface area (TPSA) is 72.0 Å². The molecule has 0 N–H and O–H groups in total. The average molecular weight is 549 g/mol. The molecular weight excluding hydrogens is 522 g/mol. The number of carbonyl (C=O) groups is 2. The molecule has 1 aliphatic heterocycles. The number of benzene rings is 1. The molecule has 0 radical (unpaired) electrons. The number of pyridine rings is 1. The zero-order valence-electron chi connectivity index (χ0n) is 19.6. The Balaban J connectivity index is 1.73. The molecule has 2 aliphatic rings. The first-order valence-corrected chi connectivity index (χ1v) is 12.2. The number of amides is 1.